The van der Waals surface area contributed by atoms with Crippen molar-refractivity contribution in [2.75, 3.05) is 6.54 Å². The van der Waals surface area contributed by atoms with E-state index in [9.17, 15) is 0 Å². The highest BCUT2D eigenvalue weighted by Crippen LogP contribution is 2.26. The van der Waals surface area contributed by atoms with E-state index in [4.69, 9.17) is 0 Å². The Morgan fingerprint density at radius 2 is 1.89 bits per heavy atom. The second-order valence-corrected chi connectivity index (χ2v) is 4.62. The van der Waals surface area contributed by atoms with Gasteiger partial charge in [0.15, 0.2) is 0 Å². The van der Waals surface area contributed by atoms with Gasteiger partial charge in [-0.05, 0) is 60.3 Å². The molecule has 0 aliphatic carbocycles. The molecule has 0 atom stereocenters. The molecular weight excluding hydrogens is 220 g/mol. The van der Waals surface area contributed by atoms with Crippen LogP contribution in [0.1, 0.15) is 23.6 Å². The van der Waals surface area contributed by atoms with Crippen LogP contribution in [0.25, 0.3) is 11.1 Å². The number of benzene rings is 1. The topological polar surface area (TPSA) is 24.9 Å². The number of hydrogen-bond donors (Lipinski definition) is 1. The summed E-state index contributed by atoms with van der Waals surface area (Å²) in [6.45, 7) is 8.32. The normalized spacial score (nSPS) is 10.6. The van der Waals surface area contributed by atoms with Gasteiger partial charge in [0.25, 0.3) is 0 Å². The summed E-state index contributed by atoms with van der Waals surface area (Å²) in [7, 11) is 0. The van der Waals surface area contributed by atoms with Crippen LogP contribution in [0, 0.1) is 13.8 Å². The van der Waals surface area contributed by atoms with Crippen molar-refractivity contribution >= 4 is 0 Å². The summed E-state index contributed by atoms with van der Waals surface area (Å²) >= 11 is 0. The number of aromatic nitrogens is 1. The van der Waals surface area contributed by atoms with Crippen LogP contribution < -0.4 is 5.32 Å². The second kappa shape index (κ2) is 5.78. The van der Waals surface area contributed by atoms with Crippen LogP contribution in [0.4, 0.5) is 0 Å². The summed E-state index contributed by atoms with van der Waals surface area (Å²) in [4.78, 5) is 4.16. The third-order valence-electron chi connectivity index (χ3n) is 3.19. The largest absolute Gasteiger partial charge is 0.313 e. The maximum atomic E-state index is 4.16. The first kappa shape index (κ1) is 12.8. The van der Waals surface area contributed by atoms with E-state index in [0.29, 0.717) is 0 Å². The van der Waals surface area contributed by atoms with Gasteiger partial charge in [-0.3, -0.25) is 4.98 Å². The fourth-order valence-electron chi connectivity index (χ4n) is 2.11. The zero-order valence-electron chi connectivity index (χ0n) is 11.3. The van der Waals surface area contributed by atoms with Gasteiger partial charge in [-0.15, -0.1) is 0 Å². The van der Waals surface area contributed by atoms with Crippen LogP contribution in [0.3, 0.4) is 0 Å². The van der Waals surface area contributed by atoms with Crippen LogP contribution >= 0.6 is 0 Å². The molecule has 94 valence electrons. The van der Waals surface area contributed by atoms with Crippen molar-refractivity contribution in [3.05, 3.63) is 53.3 Å². The highest BCUT2D eigenvalue weighted by molar-refractivity contribution is 5.70. The van der Waals surface area contributed by atoms with Gasteiger partial charge >= 0.3 is 0 Å². The molecule has 0 bridgehead atoms. The Hall–Kier alpha value is -1.67. The SMILES string of the molecule is CCNCc1ccc(C)c(-c2ccncc2C)c1. The van der Waals surface area contributed by atoms with E-state index < -0.39 is 0 Å². The zero-order valence-corrected chi connectivity index (χ0v) is 11.3. The molecule has 1 aromatic carbocycles. The molecule has 0 unspecified atom stereocenters. The average Bonchev–Trinajstić information content (AvgIpc) is 2.39. The molecule has 0 saturated carbocycles. The Morgan fingerprint density at radius 1 is 1.06 bits per heavy atom. The minimum Gasteiger partial charge on any atom is -0.313 e. The Morgan fingerprint density at radius 3 is 2.61 bits per heavy atom. The van der Waals surface area contributed by atoms with Crippen molar-refractivity contribution in [2.45, 2.75) is 27.3 Å². The molecule has 2 aromatic rings. The van der Waals surface area contributed by atoms with Crippen LogP contribution in [0.5, 0.6) is 0 Å². The van der Waals surface area contributed by atoms with Gasteiger partial charge in [0.2, 0.25) is 0 Å². The fourth-order valence-corrected chi connectivity index (χ4v) is 2.11. The maximum absolute atomic E-state index is 4.16. The van der Waals surface area contributed by atoms with Crippen LogP contribution in [-0.2, 0) is 6.54 Å². The number of nitrogens with zero attached hydrogens (tertiary/aromatic N) is 1. The third kappa shape index (κ3) is 2.77. The average molecular weight is 240 g/mol. The fraction of sp³-hybridized carbons (Fsp3) is 0.312. The number of hydrogen-bond acceptors (Lipinski definition) is 2. The minimum absolute atomic E-state index is 0.925. The number of rotatable bonds is 4. The lowest BCUT2D eigenvalue weighted by molar-refractivity contribution is 0.727. The Bertz CT molecular complexity index is 532. The van der Waals surface area contributed by atoms with E-state index in [1.807, 2.05) is 12.4 Å². The maximum Gasteiger partial charge on any atom is 0.0303 e. The van der Waals surface area contributed by atoms with Gasteiger partial charge in [0, 0.05) is 18.9 Å². The van der Waals surface area contributed by atoms with E-state index in [1.54, 1.807) is 0 Å². The number of aryl methyl sites for hydroxylation is 2. The lowest BCUT2D eigenvalue weighted by atomic mass is 9.96. The van der Waals surface area contributed by atoms with Gasteiger partial charge in [-0.25, -0.2) is 0 Å². The van der Waals surface area contributed by atoms with Gasteiger partial charge < -0.3 is 5.32 Å². The molecule has 18 heavy (non-hydrogen) atoms. The highest BCUT2D eigenvalue weighted by Gasteiger charge is 2.06. The van der Waals surface area contributed by atoms with Crippen LogP contribution in [0.2, 0.25) is 0 Å². The minimum atomic E-state index is 0.925. The Labute approximate surface area is 109 Å². The third-order valence-corrected chi connectivity index (χ3v) is 3.19. The van der Waals surface area contributed by atoms with Crippen molar-refractivity contribution in [2.24, 2.45) is 0 Å². The predicted octanol–water partition coefficient (Wildman–Crippen LogP) is 3.47. The Kier molecular flexibility index (Phi) is 4.11. The van der Waals surface area contributed by atoms with Crippen LogP contribution in [0.15, 0.2) is 36.7 Å². The van der Waals surface area contributed by atoms with E-state index in [2.05, 4.69) is 55.3 Å². The number of pyridine rings is 1. The first-order valence-electron chi connectivity index (χ1n) is 6.43. The molecule has 0 aliphatic heterocycles. The summed E-state index contributed by atoms with van der Waals surface area (Å²) in [5.41, 5.74) is 6.45. The molecule has 0 spiro atoms. The van der Waals surface area contributed by atoms with Gasteiger partial charge in [-0.2, -0.15) is 0 Å². The molecule has 1 N–H and O–H groups in total. The van der Waals surface area contributed by atoms with Crippen molar-refractivity contribution in [1.82, 2.24) is 10.3 Å². The highest BCUT2D eigenvalue weighted by atomic mass is 14.8. The molecule has 0 amide bonds. The molecule has 0 saturated heterocycles. The summed E-state index contributed by atoms with van der Waals surface area (Å²) in [5, 5.41) is 3.36. The quantitative estimate of drug-likeness (QED) is 0.885. The van der Waals surface area contributed by atoms with E-state index in [1.165, 1.54) is 27.8 Å². The molecule has 0 aliphatic rings. The summed E-state index contributed by atoms with van der Waals surface area (Å²) in [6.07, 6.45) is 3.78. The first-order chi connectivity index (χ1) is 8.72. The smallest absolute Gasteiger partial charge is 0.0303 e. The lowest BCUT2D eigenvalue weighted by Gasteiger charge is -2.11. The molecule has 1 heterocycles. The van der Waals surface area contributed by atoms with E-state index >= 15 is 0 Å². The molecule has 2 rings (SSSR count). The summed E-state index contributed by atoms with van der Waals surface area (Å²) in [5.74, 6) is 0. The first-order valence-corrected chi connectivity index (χ1v) is 6.43. The molecule has 2 heteroatoms. The molecular formula is C16H20N2. The van der Waals surface area contributed by atoms with E-state index in [0.717, 1.165) is 13.1 Å². The molecule has 0 fully saturated rings. The van der Waals surface area contributed by atoms with Crippen molar-refractivity contribution in [1.29, 1.82) is 0 Å². The van der Waals surface area contributed by atoms with Gasteiger partial charge in [-0.1, -0.05) is 19.1 Å². The summed E-state index contributed by atoms with van der Waals surface area (Å²) < 4.78 is 0. The molecule has 1 aromatic heterocycles. The second-order valence-electron chi connectivity index (χ2n) is 4.62. The predicted molar refractivity (Wildman–Crippen MR) is 76.5 cm³/mol. The zero-order chi connectivity index (χ0) is 13.0. The van der Waals surface area contributed by atoms with Crippen molar-refractivity contribution < 1.29 is 0 Å². The summed E-state index contributed by atoms with van der Waals surface area (Å²) in [6, 6.07) is 8.76. The van der Waals surface area contributed by atoms with Gasteiger partial charge in [0.1, 0.15) is 0 Å². The monoisotopic (exact) mass is 240 g/mol. The number of nitrogens with one attached hydrogen (secondary N) is 1. The van der Waals surface area contributed by atoms with Crippen molar-refractivity contribution in [3.63, 3.8) is 0 Å². The standard InChI is InChI=1S/C16H20N2/c1-4-17-11-14-6-5-12(2)16(9-14)15-7-8-18-10-13(15)3/h5-10,17H,4,11H2,1-3H3. The van der Waals surface area contributed by atoms with Gasteiger partial charge in [0.05, 0.1) is 0 Å². The Balaban J connectivity index is 2.40. The van der Waals surface area contributed by atoms with E-state index in [-0.39, 0.29) is 0 Å². The van der Waals surface area contributed by atoms with Crippen molar-refractivity contribution in [3.8, 4) is 11.1 Å². The molecule has 2 nitrogen and oxygen atoms in total. The van der Waals surface area contributed by atoms with Crippen LogP contribution in [-0.4, -0.2) is 11.5 Å². The lowest BCUT2D eigenvalue weighted by Crippen LogP contribution is -2.11. The molecule has 0 radical (unpaired) electrons.